The van der Waals surface area contributed by atoms with E-state index in [0.29, 0.717) is 15.6 Å². The summed E-state index contributed by atoms with van der Waals surface area (Å²) in [5, 5.41) is 0.482. The molecule has 0 saturated heterocycles. The van der Waals surface area contributed by atoms with Crippen LogP contribution in [-0.4, -0.2) is 25.8 Å². The minimum Gasteiger partial charge on any atom is -0.463 e. The molecule has 0 aliphatic heterocycles. The number of furan rings is 1. The van der Waals surface area contributed by atoms with Gasteiger partial charge in [0.2, 0.25) is 0 Å². The van der Waals surface area contributed by atoms with Crippen molar-refractivity contribution in [1.82, 2.24) is 0 Å². The van der Waals surface area contributed by atoms with Crippen molar-refractivity contribution >= 4 is 50.7 Å². The van der Waals surface area contributed by atoms with Gasteiger partial charge in [-0.3, -0.25) is 4.57 Å². The third-order valence-corrected chi connectivity index (χ3v) is 5.70. The molecule has 0 spiro atoms. The summed E-state index contributed by atoms with van der Waals surface area (Å²) in [6, 6.07) is 1.71. The van der Waals surface area contributed by atoms with E-state index in [1.165, 1.54) is 0 Å². The maximum absolute atomic E-state index is 13.1. The van der Waals surface area contributed by atoms with Crippen LogP contribution in [0.4, 0.5) is 0 Å². The van der Waals surface area contributed by atoms with Crippen LogP contribution in [0, 0.1) is 0 Å². The molecule has 0 aromatic carbocycles. The SMILES string of the molecule is CCOC(=O)/C=C(\c1oc(Br)cc1CBr)P(=O)(OCC)OCC. The number of carbonyl (C=O) groups is 1. The average Bonchev–Trinajstić information content (AvgIpc) is 2.86. The van der Waals surface area contributed by atoms with Crippen LogP contribution in [0.25, 0.3) is 5.31 Å². The van der Waals surface area contributed by atoms with Crippen LogP contribution >= 0.6 is 39.5 Å². The quantitative estimate of drug-likeness (QED) is 0.215. The second-order valence-corrected chi connectivity index (χ2v) is 7.49. The lowest BCUT2D eigenvalue weighted by Gasteiger charge is -2.19. The topological polar surface area (TPSA) is 75.0 Å². The molecule has 9 heteroatoms. The van der Waals surface area contributed by atoms with E-state index in [0.717, 1.165) is 6.08 Å². The monoisotopic (exact) mass is 472 g/mol. The van der Waals surface area contributed by atoms with Crippen LogP contribution in [0.1, 0.15) is 32.1 Å². The Morgan fingerprint density at radius 2 is 1.87 bits per heavy atom. The van der Waals surface area contributed by atoms with Crippen LogP contribution in [0.5, 0.6) is 0 Å². The maximum Gasteiger partial charge on any atom is 0.365 e. The Kier molecular flexibility index (Phi) is 8.79. The fourth-order valence-electron chi connectivity index (χ4n) is 1.79. The van der Waals surface area contributed by atoms with E-state index in [9.17, 15) is 9.36 Å². The van der Waals surface area contributed by atoms with Crippen molar-refractivity contribution in [3.8, 4) is 0 Å². The fourth-order valence-corrected chi connectivity index (χ4v) is 4.38. The van der Waals surface area contributed by atoms with E-state index in [1.807, 2.05) is 0 Å². The lowest BCUT2D eigenvalue weighted by atomic mass is 10.2. The highest BCUT2D eigenvalue weighted by Crippen LogP contribution is 2.61. The first kappa shape index (κ1) is 20.6. The summed E-state index contributed by atoms with van der Waals surface area (Å²) in [6.45, 7) is 5.58. The molecule has 1 heterocycles. The number of carbonyl (C=O) groups excluding carboxylic acids is 1. The highest BCUT2D eigenvalue weighted by atomic mass is 79.9. The molecule has 6 nitrogen and oxygen atoms in total. The zero-order chi connectivity index (χ0) is 17.5. The van der Waals surface area contributed by atoms with E-state index >= 15 is 0 Å². The number of esters is 1. The molecule has 0 radical (unpaired) electrons. The molecule has 0 bridgehead atoms. The molecule has 23 heavy (non-hydrogen) atoms. The van der Waals surface area contributed by atoms with Crippen molar-refractivity contribution in [2.24, 2.45) is 0 Å². The lowest BCUT2D eigenvalue weighted by Crippen LogP contribution is -2.05. The van der Waals surface area contributed by atoms with Gasteiger partial charge in [0, 0.05) is 17.0 Å². The van der Waals surface area contributed by atoms with Crippen LogP contribution < -0.4 is 0 Å². The van der Waals surface area contributed by atoms with Crippen LogP contribution in [0.3, 0.4) is 0 Å². The number of hydrogen-bond acceptors (Lipinski definition) is 6. The van der Waals surface area contributed by atoms with E-state index in [1.54, 1.807) is 26.8 Å². The van der Waals surface area contributed by atoms with E-state index in [2.05, 4.69) is 31.9 Å². The number of alkyl halides is 1. The molecule has 0 aliphatic carbocycles. The van der Waals surface area contributed by atoms with E-state index in [-0.39, 0.29) is 30.9 Å². The summed E-state index contributed by atoms with van der Waals surface area (Å²) in [5.74, 6) is -0.387. The first-order chi connectivity index (χ1) is 10.9. The van der Waals surface area contributed by atoms with Crippen molar-refractivity contribution in [3.63, 3.8) is 0 Å². The molecule has 0 amide bonds. The first-order valence-corrected chi connectivity index (χ1v) is 10.5. The largest absolute Gasteiger partial charge is 0.463 e. The molecule has 0 saturated carbocycles. The molecule has 0 atom stereocenters. The van der Waals surface area contributed by atoms with Gasteiger partial charge in [-0.2, -0.15) is 0 Å². The van der Waals surface area contributed by atoms with E-state index in [4.69, 9.17) is 18.2 Å². The van der Waals surface area contributed by atoms with Crippen LogP contribution in [0.2, 0.25) is 0 Å². The summed E-state index contributed by atoms with van der Waals surface area (Å²) >= 11 is 6.57. The van der Waals surface area contributed by atoms with Crippen LogP contribution in [-0.2, 0) is 28.5 Å². The summed E-state index contributed by atoms with van der Waals surface area (Å²) in [4.78, 5) is 11.9. The fraction of sp³-hybridized carbons (Fsp3) is 0.500. The normalized spacial score (nSPS) is 12.5. The van der Waals surface area contributed by atoms with Crippen molar-refractivity contribution in [2.45, 2.75) is 26.1 Å². The van der Waals surface area contributed by atoms with Gasteiger partial charge in [0.25, 0.3) is 0 Å². The average molecular weight is 474 g/mol. The number of ether oxygens (including phenoxy) is 1. The third-order valence-electron chi connectivity index (χ3n) is 2.59. The first-order valence-electron chi connectivity index (χ1n) is 7.04. The van der Waals surface area contributed by atoms with Crippen LogP contribution in [0.15, 0.2) is 21.2 Å². The molecule has 0 fully saturated rings. The maximum atomic E-state index is 13.1. The Hall–Kier alpha value is -0.400. The predicted octanol–water partition coefficient (Wildman–Crippen LogP) is 5.11. The Bertz CT molecular complexity index is 600. The van der Waals surface area contributed by atoms with Crippen molar-refractivity contribution < 1.29 is 27.6 Å². The number of halogens is 2. The summed E-state index contributed by atoms with van der Waals surface area (Å²) in [7, 11) is -3.73. The van der Waals surface area contributed by atoms with Crippen molar-refractivity contribution in [1.29, 1.82) is 0 Å². The van der Waals surface area contributed by atoms with Gasteiger partial charge in [-0.05, 0) is 42.8 Å². The van der Waals surface area contributed by atoms with E-state index < -0.39 is 13.6 Å². The third kappa shape index (κ3) is 5.57. The van der Waals surface area contributed by atoms with Crippen molar-refractivity contribution in [2.75, 3.05) is 19.8 Å². The van der Waals surface area contributed by atoms with Gasteiger partial charge >= 0.3 is 13.6 Å². The second kappa shape index (κ2) is 9.79. The Balaban J connectivity index is 3.47. The Morgan fingerprint density at radius 3 is 2.35 bits per heavy atom. The highest BCUT2D eigenvalue weighted by Gasteiger charge is 2.35. The minimum absolute atomic E-state index is 0.0415. The van der Waals surface area contributed by atoms with Gasteiger partial charge in [0.15, 0.2) is 4.67 Å². The molecular weight excluding hydrogens is 455 g/mol. The summed E-state index contributed by atoms with van der Waals surface area (Å²) < 4.78 is 34.7. The molecule has 0 unspecified atom stereocenters. The minimum atomic E-state index is -3.73. The Morgan fingerprint density at radius 1 is 1.26 bits per heavy atom. The summed E-state index contributed by atoms with van der Waals surface area (Å²) in [6.07, 6.45) is 1.10. The molecular formula is C14H19Br2O6P. The molecule has 1 aromatic heterocycles. The van der Waals surface area contributed by atoms with Gasteiger partial charge in [-0.25, -0.2) is 4.79 Å². The number of hydrogen-bond donors (Lipinski definition) is 0. The number of rotatable bonds is 9. The smallest absolute Gasteiger partial charge is 0.365 e. The van der Waals surface area contributed by atoms with Gasteiger partial charge in [0.05, 0.1) is 19.8 Å². The van der Waals surface area contributed by atoms with Gasteiger partial charge in [-0.1, -0.05) is 15.9 Å². The molecule has 0 aliphatic rings. The molecule has 0 N–H and O–H groups in total. The van der Waals surface area contributed by atoms with Gasteiger partial charge in [0.1, 0.15) is 11.1 Å². The zero-order valence-electron chi connectivity index (χ0n) is 13.1. The standard InChI is InChI=1S/C14H19Br2O6P/c1-4-19-13(17)8-11(23(18,20-5-2)21-6-3)14-10(9-15)7-12(16)22-14/h7-8H,4-6,9H2,1-3H3/b11-8+. The van der Waals surface area contributed by atoms with Gasteiger partial charge in [-0.15, -0.1) is 0 Å². The highest BCUT2D eigenvalue weighted by molar-refractivity contribution is 9.10. The zero-order valence-corrected chi connectivity index (χ0v) is 17.2. The lowest BCUT2D eigenvalue weighted by molar-refractivity contribution is -0.137. The van der Waals surface area contributed by atoms with Crippen molar-refractivity contribution in [3.05, 3.63) is 28.1 Å². The molecule has 130 valence electrons. The van der Waals surface area contributed by atoms with Gasteiger partial charge < -0.3 is 18.2 Å². The summed E-state index contributed by atoms with van der Waals surface area (Å²) in [5.41, 5.74) is 0.701. The predicted molar refractivity (Wildman–Crippen MR) is 94.5 cm³/mol. The second-order valence-electron chi connectivity index (χ2n) is 4.15. The Labute approximate surface area is 152 Å². The molecule has 1 rings (SSSR count). The molecule has 1 aromatic rings.